The van der Waals surface area contributed by atoms with Crippen LogP contribution in [0, 0.1) is 0 Å². The van der Waals surface area contributed by atoms with E-state index in [1.165, 1.54) is 5.56 Å². The third-order valence-corrected chi connectivity index (χ3v) is 6.25. The van der Waals surface area contributed by atoms with Gasteiger partial charge < -0.3 is 9.30 Å². The maximum absolute atomic E-state index is 12.6. The Morgan fingerprint density at radius 3 is 2.61 bits per heavy atom. The topological polar surface area (TPSA) is 57.0 Å². The first-order valence-electron chi connectivity index (χ1n) is 11.5. The summed E-state index contributed by atoms with van der Waals surface area (Å²) in [4.78, 5) is 21.4. The molecule has 0 N–H and O–H groups in total. The van der Waals surface area contributed by atoms with Gasteiger partial charge in [0.25, 0.3) is 0 Å². The van der Waals surface area contributed by atoms with E-state index in [4.69, 9.17) is 4.74 Å². The molecular weight excluding hydrogens is 410 g/mol. The quantitative estimate of drug-likeness (QED) is 0.370. The molecule has 2 heterocycles. The lowest BCUT2D eigenvalue weighted by atomic mass is 9.85. The van der Waals surface area contributed by atoms with E-state index in [2.05, 4.69) is 34.2 Å². The molecule has 5 nitrogen and oxygen atoms in total. The molecule has 1 atom stereocenters. The summed E-state index contributed by atoms with van der Waals surface area (Å²) in [6.07, 6.45) is 11.2. The van der Waals surface area contributed by atoms with E-state index in [-0.39, 0.29) is 11.9 Å². The number of rotatable bonds is 8. The first-order valence-corrected chi connectivity index (χ1v) is 11.5. The van der Waals surface area contributed by atoms with Crippen LogP contribution in [0.25, 0.3) is 0 Å². The molecule has 33 heavy (non-hydrogen) atoms. The molecule has 0 radical (unpaired) electrons. The molecule has 4 aromatic rings. The van der Waals surface area contributed by atoms with Gasteiger partial charge in [0, 0.05) is 30.6 Å². The molecule has 0 spiro atoms. The average molecular weight is 438 g/mol. The van der Waals surface area contributed by atoms with Crippen molar-refractivity contribution in [1.82, 2.24) is 14.5 Å². The molecular formula is C28H27N3O2. The fourth-order valence-electron chi connectivity index (χ4n) is 4.57. The minimum atomic E-state index is -0.270. The number of carbonyl (C=O) groups excluding carboxylic acids is 1. The normalized spacial score (nSPS) is 14.0. The Bertz CT molecular complexity index is 1200. The number of hydrogen-bond acceptors (Lipinski definition) is 4. The molecule has 2 aromatic carbocycles. The van der Waals surface area contributed by atoms with Gasteiger partial charge in [0.05, 0.1) is 18.6 Å². The molecule has 0 aliphatic heterocycles. The number of benzene rings is 2. The Hall–Kier alpha value is -3.73. The van der Waals surface area contributed by atoms with Crippen molar-refractivity contribution in [3.63, 3.8) is 0 Å². The van der Waals surface area contributed by atoms with Crippen molar-refractivity contribution in [2.75, 3.05) is 0 Å². The number of aromatic nitrogens is 3. The van der Waals surface area contributed by atoms with Crippen LogP contribution >= 0.6 is 0 Å². The number of ether oxygens (including phenoxy) is 1. The Morgan fingerprint density at radius 1 is 0.939 bits per heavy atom. The van der Waals surface area contributed by atoms with Crippen LogP contribution in [-0.2, 0) is 25.8 Å². The van der Waals surface area contributed by atoms with Gasteiger partial charge in [-0.3, -0.25) is 9.78 Å². The summed E-state index contributed by atoms with van der Waals surface area (Å²) in [7, 11) is 0. The van der Waals surface area contributed by atoms with Crippen molar-refractivity contribution in [1.29, 1.82) is 0 Å². The average Bonchev–Trinajstić information content (AvgIpc) is 3.37. The zero-order chi connectivity index (χ0) is 22.5. The van der Waals surface area contributed by atoms with Crippen molar-refractivity contribution in [2.24, 2.45) is 0 Å². The zero-order valence-corrected chi connectivity index (χ0v) is 18.6. The predicted molar refractivity (Wildman–Crippen MR) is 127 cm³/mol. The van der Waals surface area contributed by atoms with Crippen LogP contribution in [0.5, 0.6) is 5.75 Å². The van der Waals surface area contributed by atoms with Gasteiger partial charge in [0.15, 0.2) is 11.9 Å². The number of imidazole rings is 1. The van der Waals surface area contributed by atoms with Crippen molar-refractivity contribution >= 4 is 5.78 Å². The molecule has 0 saturated heterocycles. The summed E-state index contributed by atoms with van der Waals surface area (Å²) in [6, 6.07) is 20.3. The predicted octanol–water partition coefficient (Wildman–Crippen LogP) is 5.40. The highest BCUT2D eigenvalue weighted by Crippen LogP contribution is 2.35. The van der Waals surface area contributed by atoms with Gasteiger partial charge in [-0.2, -0.15) is 0 Å². The SMILES string of the molecule is O=C1CCCc2c1ccc(OC(Cn1ccnc1)c1ccccn1)c2CCc1ccccc1. The second kappa shape index (κ2) is 9.82. The highest BCUT2D eigenvalue weighted by Gasteiger charge is 2.24. The monoisotopic (exact) mass is 437 g/mol. The van der Waals surface area contributed by atoms with Gasteiger partial charge in [-0.15, -0.1) is 0 Å². The van der Waals surface area contributed by atoms with E-state index in [9.17, 15) is 4.79 Å². The lowest BCUT2D eigenvalue weighted by Gasteiger charge is -2.25. The fraction of sp³-hybridized carbons (Fsp3) is 0.250. The summed E-state index contributed by atoms with van der Waals surface area (Å²) in [5.74, 6) is 1.08. The van der Waals surface area contributed by atoms with Crippen molar-refractivity contribution < 1.29 is 9.53 Å². The van der Waals surface area contributed by atoms with Crippen LogP contribution in [0.2, 0.25) is 0 Å². The highest BCUT2D eigenvalue weighted by atomic mass is 16.5. The molecule has 0 bridgehead atoms. The second-order valence-electron chi connectivity index (χ2n) is 8.45. The fourth-order valence-corrected chi connectivity index (χ4v) is 4.57. The minimum Gasteiger partial charge on any atom is -0.482 e. The summed E-state index contributed by atoms with van der Waals surface area (Å²) in [6.45, 7) is 0.602. The van der Waals surface area contributed by atoms with Crippen molar-refractivity contribution in [2.45, 2.75) is 44.8 Å². The number of ketones is 1. The van der Waals surface area contributed by atoms with E-state index >= 15 is 0 Å². The molecule has 0 saturated carbocycles. The maximum Gasteiger partial charge on any atom is 0.163 e. The molecule has 1 aliphatic carbocycles. The Labute approximate surface area is 194 Å². The lowest BCUT2D eigenvalue weighted by molar-refractivity contribution is 0.0972. The molecule has 2 aromatic heterocycles. The van der Waals surface area contributed by atoms with E-state index in [0.717, 1.165) is 53.8 Å². The second-order valence-corrected chi connectivity index (χ2v) is 8.45. The summed E-state index contributed by atoms with van der Waals surface area (Å²) in [5, 5.41) is 0. The van der Waals surface area contributed by atoms with Crippen LogP contribution in [-0.4, -0.2) is 20.3 Å². The van der Waals surface area contributed by atoms with Crippen LogP contribution in [0.15, 0.2) is 85.6 Å². The highest BCUT2D eigenvalue weighted by molar-refractivity contribution is 5.99. The minimum absolute atomic E-state index is 0.239. The molecule has 5 rings (SSSR count). The van der Waals surface area contributed by atoms with E-state index < -0.39 is 0 Å². The zero-order valence-electron chi connectivity index (χ0n) is 18.6. The van der Waals surface area contributed by atoms with Gasteiger partial charge in [-0.1, -0.05) is 36.4 Å². The van der Waals surface area contributed by atoms with Gasteiger partial charge in [-0.25, -0.2) is 4.98 Å². The van der Waals surface area contributed by atoms with E-state index in [1.54, 1.807) is 18.7 Å². The Balaban J connectivity index is 1.50. The molecule has 166 valence electrons. The number of carbonyl (C=O) groups is 1. The smallest absolute Gasteiger partial charge is 0.163 e. The van der Waals surface area contributed by atoms with Gasteiger partial charge in [0.1, 0.15) is 5.75 Å². The molecule has 0 fully saturated rings. The summed E-state index contributed by atoms with van der Waals surface area (Å²) >= 11 is 0. The lowest BCUT2D eigenvalue weighted by Crippen LogP contribution is -2.19. The summed E-state index contributed by atoms with van der Waals surface area (Å²) < 4.78 is 8.68. The number of aryl methyl sites for hydroxylation is 1. The number of Topliss-reactive ketones (excluding diaryl/α,β-unsaturated/α-hetero) is 1. The van der Waals surface area contributed by atoms with Crippen LogP contribution in [0.4, 0.5) is 0 Å². The third-order valence-electron chi connectivity index (χ3n) is 6.25. The Kier molecular flexibility index (Phi) is 6.29. The Morgan fingerprint density at radius 2 is 1.82 bits per heavy atom. The van der Waals surface area contributed by atoms with Gasteiger partial charge in [0.2, 0.25) is 0 Å². The van der Waals surface area contributed by atoms with Crippen LogP contribution in [0.3, 0.4) is 0 Å². The van der Waals surface area contributed by atoms with Gasteiger partial charge in [-0.05, 0) is 66.6 Å². The van der Waals surface area contributed by atoms with Crippen molar-refractivity contribution in [3.8, 4) is 5.75 Å². The molecule has 1 unspecified atom stereocenters. The number of fused-ring (bicyclic) bond motifs is 1. The van der Waals surface area contributed by atoms with Crippen molar-refractivity contribution in [3.05, 3.63) is 114 Å². The standard InChI is InChI=1S/C28H27N3O2/c32-26-11-6-9-22-23(26)14-15-27(24(22)13-12-21-7-2-1-3-8-21)33-28(19-31-18-17-29-20-31)25-10-4-5-16-30-25/h1-5,7-8,10,14-18,20,28H,6,9,11-13,19H2. The largest absolute Gasteiger partial charge is 0.482 e. The third kappa shape index (κ3) is 4.87. The van der Waals surface area contributed by atoms with E-state index in [1.807, 2.05) is 47.2 Å². The number of hydrogen-bond donors (Lipinski definition) is 0. The molecule has 1 aliphatic rings. The number of nitrogens with zero attached hydrogens (tertiary/aromatic N) is 3. The first-order chi connectivity index (χ1) is 16.3. The maximum atomic E-state index is 12.6. The molecule has 5 heteroatoms. The number of pyridine rings is 1. The first kappa shape index (κ1) is 21.1. The van der Waals surface area contributed by atoms with Gasteiger partial charge >= 0.3 is 0 Å². The van der Waals surface area contributed by atoms with E-state index in [0.29, 0.717) is 13.0 Å². The summed E-state index contributed by atoms with van der Waals surface area (Å²) in [5.41, 5.74) is 5.32. The molecule has 0 amide bonds. The van der Waals surface area contributed by atoms with Crippen LogP contribution in [0.1, 0.15) is 51.7 Å². The van der Waals surface area contributed by atoms with Crippen LogP contribution < -0.4 is 4.74 Å².